The van der Waals surface area contributed by atoms with E-state index < -0.39 is 0 Å². The van der Waals surface area contributed by atoms with Gasteiger partial charge in [-0.1, -0.05) is 30.4 Å². The number of nitrogens with zero attached hydrogens (tertiary/aromatic N) is 1. The van der Waals surface area contributed by atoms with Crippen molar-refractivity contribution >= 4 is 17.7 Å². The predicted octanol–water partition coefficient (Wildman–Crippen LogP) is 2.54. The minimum Gasteiger partial charge on any atom is -0.370 e. The molecule has 3 N–H and O–H groups in total. The summed E-state index contributed by atoms with van der Waals surface area (Å²) in [4.78, 5) is 4.11. The minimum atomic E-state index is -0.148. The largest absolute Gasteiger partial charge is 0.370 e. The van der Waals surface area contributed by atoms with Crippen LogP contribution in [0.2, 0.25) is 0 Å². The third-order valence-corrected chi connectivity index (χ3v) is 3.30. The van der Waals surface area contributed by atoms with Gasteiger partial charge >= 0.3 is 0 Å². The zero-order valence-corrected chi connectivity index (χ0v) is 12.0. The zero-order chi connectivity index (χ0) is 14.1. The van der Waals surface area contributed by atoms with Crippen molar-refractivity contribution in [2.24, 2.45) is 10.7 Å². The number of rotatable bonds is 7. The summed E-state index contributed by atoms with van der Waals surface area (Å²) in [6, 6.07) is 6.83. The number of thioether (sulfide) groups is 1. The molecule has 1 aromatic rings. The molecule has 0 atom stereocenters. The van der Waals surface area contributed by atoms with Crippen LogP contribution in [0.5, 0.6) is 0 Å². The predicted molar refractivity (Wildman–Crippen MR) is 81.9 cm³/mol. The second-order valence-corrected chi connectivity index (χ2v) is 5.33. The van der Waals surface area contributed by atoms with Crippen LogP contribution >= 0.6 is 11.8 Å². The molecule has 5 heteroatoms. The second kappa shape index (κ2) is 8.58. The van der Waals surface area contributed by atoms with Crippen LogP contribution in [0.1, 0.15) is 12.5 Å². The number of nitrogens with one attached hydrogen (secondary N) is 1. The Morgan fingerprint density at radius 2 is 2.21 bits per heavy atom. The van der Waals surface area contributed by atoms with Crippen molar-refractivity contribution in [3.63, 3.8) is 0 Å². The van der Waals surface area contributed by atoms with Crippen molar-refractivity contribution in [1.82, 2.24) is 5.32 Å². The maximum atomic E-state index is 13.3. The Hall–Kier alpha value is -1.49. The second-order valence-electron chi connectivity index (χ2n) is 4.23. The molecule has 19 heavy (non-hydrogen) atoms. The van der Waals surface area contributed by atoms with E-state index in [0.29, 0.717) is 24.8 Å². The summed E-state index contributed by atoms with van der Waals surface area (Å²) >= 11 is 1.66. The maximum Gasteiger partial charge on any atom is 0.188 e. The Labute approximate surface area is 118 Å². The Kier molecular flexibility index (Phi) is 7.03. The molecule has 0 radical (unpaired) electrons. The van der Waals surface area contributed by atoms with Gasteiger partial charge in [0, 0.05) is 18.1 Å². The minimum absolute atomic E-state index is 0.148. The first-order chi connectivity index (χ1) is 9.09. The molecule has 0 aliphatic heterocycles. The standard InChI is InChI=1S/C14H20FN3S/c1-11(2)9-18-14(16)17-7-8-19-10-12-5-3-4-6-13(12)15/h3-6H,1,7-10H2,2H3,(H3,16,17,18). The third-order valence-electron chi connectivity index (χ3n) is 2.29. The molecule has 0 fully saturated rings. The quantitative estimate of drug-likeness (QED) is 0.349. The molecule has 0 aliphatic carbocycles. The van der Waals surface area contributed by atoms with Gasteiger partial charge in [-0.25, -0.2) is 9.38 Å². The van der Waals surface area contributed by atoms with Crippen molar-refractivity contribution < 1.29 is 4.39 Å². The van der Waals surface area contributed by atoms with Gasteiger partial charge < -0.3 is 11.1 Å². The van der Waals surface area contributed by atoms with E-state index in [2.05, 4.69) is 16.9 Å². The number of guanidine groups is 1. The van der Waals surface area contributed by atoms with Crippen molar-refractivity contribution in [3.05, 3.63) is 47.8 Å². The van der Waals surface area contributed by atoms with Crippen LogP contribution in [-0.4, -0.2) is 24.8 Å². The van der Waals surface area contributed by atoms with E-state index in [1.807, 2.05) is 13.0 Å². The molecule has 3 nitrogen and oxygen atoms in total. The van der Waals surface area contributed by atoms with Gasteiger partial charge in [-0.3, -0.25) is 0 Å². The van der Waals surface area contributed by atoms with Crippen LogP contribution in [0.4, 0.5) is 4.39 Å². The molecule has 0 amide bonds. The van der Waals surface area contributed by atoms with Gasteiger partial charge in [0.25, 0.3) is 0 Å². The number of nitrogens with two attached hydrogens (primary N) is 1. The van der Waals surface area contributed by atoms with Crippen molar-refractivity contribution in [2.75, 3.05) is 18.8 Å². The summed E-state index contributed by atoms with van der Waals surface area (Å²) in [5, 5.41) is 3.01. The van der Waals surface area contributed by atoms with E-state index in [9.17, 15) is 4.39 Å². The molecule has 0 spiro atoms. The molecule has 0 saturated heterocycles. The lowest BCUT2D eigenvalue weighted by molar-refractivity contribution is 0.617. The molecule has 1 aromatic carbocycles. The van der Waals surface area contributed by atoms with Gasteiger partial charge in [0.15, 0.2) is 5.96 Å². The molecule has 0 bridgehead atoms. The average molecular weight is 281 g/mol. The fraction of sp³-hybridized carbons (Fsp3) is 0.357. The van der Waals surface area contributed by atoms with Gasteiger partial charge in [-0.2, -0.15) is 11.8 Å². The molecule has 0 heterocycles. The summed E-state index contributed by atoms with van der Waals surface area (Å²) in [6.45, 7) is 6.91. The Morgan fingerprint density at radius 3 is 2.89 bits per heavy atom. The summed E-state index contributed by atoms with van der Waals surface area (Å²) < 4.78 is 13.3. The van der Waals surface area contributed by atoms with Crippen molar-refractivity contribution in [3.8, 4) is 0 Å². The van der Waals surface area contributed by atoms with E-state index in [4.69, 9.17) is 5.73 Å². The monoisotopic (exact) mass is 281 g/mol. The van der Waals surface area contributed by atoms with E-state index in [1.165, 1.54) is 6.07 Å². The van der Waals surface area contributed by atoms with Crippen LogP contribution in [0.3, 0.4) is 0 Å². The Bertz CT molecular complexity index is 446. The fourth-order valence-electron chi connectivity index (χ4n) is 1.32. The first kappa shape index (κ1) is 15.6. The first-order valence-electron chi connectivity index (χ1n) is 6.09. The highest BCUT2D eigenvalue weighted by molar-refractivity contribution is 7.98. The molecule has 1 rings (SSSR count). The van der Waals surface area contributed by atoms with E-state index in [1.54, 1.807) is 23.9 Å². The van der Waals surface area contributed by atoms with Crippen LogP contribution in [0.25, 0.3) is 0 Å². The molecule has 104 valence electrons. The van der Waals surface area contributed by atoms with Crippen molar-refractivity contribution in [1.29, 1.82) is 0 Å². The molecular formula is C14H20FN3S. The lowest BCUT2D eigenvalue weighted by Gasteiger charge is -2.06. The number of halogens is 1. The van der Waals surface area contributed by atoms with Crippen LogP contribution in [-0.2, 0) is 5.75 Å². The SMILES string of the molecule is C=C(C)CN=C(N)NCCSCc1ccccc1F. The van der Waals surface area contributed by atoms with Gasteiger partial charge in [-0.05, 0) is 18.6 Å². The summed E-state index contributed by atoms with van der Waals surface area (Å²) in [5.41, 5.74) is 7.37. The third kappa shape index (κ3) is 6.86. The fourth-order valence-corrected chi connectivity index (χ4v) is 2.17. The van der Waals surface area contributed by atoms with Gasteiger partial charge in [-0.15, -0.1) is 0 Å². The number of benzene rings is 1. The van der Waals surface area contributed by atoms with Crippen LogP contribution in [0.15, 0.2) is 41.4 Å². The van der Waals surface area contributed by atoms with Gasteiger partial charge in [0.05, 0.1) is 6.54 Å². The molecule has 0 saturated carbocycles. The summed E-state index contributed by atoms with van der Waals surface area (Å²) in [7, 11) is 0. The smallest absolute Gasteiger partial charge is 0.188 e. The Morgan fingerprint density at radius 1 is 1.47 bits per heavy atom. The number of hydrogen-bond donors (Lipinski definition) is 2. The highest BCUT2D eigenvalue weighted by Gasteiger charge is 2.00. The van der Waals surface area contributed by atoms with E-state index in [0.717, 1.165) is 16.9 Å². The summed E-state index contributed by atoms with van der Waals surface area (Å²) in [5.74, 6) is 1.79. The number of hydrogen-bond acceptors (Lipinski definition) is 2. The lowest BCUT2D eigenvalue weighted by Crippen LogP contribution is -2.33. The van der Waals surface area contributed by atoms with E-state index in [-0.39, 0.29) is 5.82 Å². The van der Waals surface area contributed by atoms with Gasteiger partial charge in [0.1, 0.15) is 5.82 Å². The zero-order valence-electron chi connectivity index (χ0n) is 11.2. The van der Waals surface area contributed by atoms with E-state index >= 15 is 0 Å². The molecular weight excluding hydrogens is 261 g/mol. The normalized spacial score (nSPS) is 11.4. The first-order valence-corrected chi connectivity index (χ1v) is 7.24. The van der Waals surface area contributed by atoms with Crippen LogP contribution in [0, 0.1) is 5.82 Å². The molecule has 0 unspecified atom stereocenters. The maximum absolute atomic E-state index is 13.3. The lowest BCUT2D eigenvalue weighted by atomic mass is 10.2. The van der Waals surface area contributed by atoms with Crippen molar-refractivity contribution in [2.45, 2.75) is 12.7 Å². The van der Waals surface area contributed by atoms with Gasteiger partial charge in [0.2, 0.25) is 0 Å². The highest BCUT2D eigenvalue weighted by atomic mass is 32.2. The average Bonchev–Trinajstić information content (AvgIpc) is 2.38. The Balaban J connectivity index is 2.16. The molecule has 0 aliphatic rings. The topological polar surface area (TPSA) is 50.4 Å². The summed E-state index contributed by atoms with van der Waals surface area (Å²) in [6.07, 6.45) is 0. The number of aliphatic imine (C=N–C) groups is 1. The van der Waals surface area contributed by atoms with Crippen LogP contribution < -0.4 is 11.1 Å². The molecule has 0 aromatic heterocycles. The highest BCUT2D eigenvalue weighted by Crippen LogP contribution is 2.14.